The number of halogens is 1. The Labute approximate surface area is 158 Å². The van der Waals surface area contributed by atoms with Crippen LogP contribution in [0.25, 0.3) is 0 Å². The van der Waals surface area contributed by atoms with Gasteiger partial charge in [0.25, 0.3) is 0 Å². The first-order valence-corrected chi connectivity index (χ1v) is 9.39. The Kier molecular flexibility index (Phi) is 5.08. The number of nitrogens with zero attached hydrogens (tertiary/aromatic N) is 1. The largest absolute Gasteiger partial charge is 0.496 e. The number of aromatic nitrogens is 1. The van der Waals surface area contributed by atoms with E-state index in [9.17, 15) is 0 Å². The van der Waals surface area contributed by atoms with Crippen molar-refractivity contribution in [1.82, 2.24) is 4.98 Å². The highest BCUT2D eigenvalue weighted by Gasteiger charge is 2.52. The molecular formula is C18H22BClN2O2S. The molecule has 0 radical (unpaired) electrons. The van der Waals surface area contributed by atoms with E-state index in [-0.39, 0.29) is 0 Å². The summed E-state index contributed by atoms with van der Waals surface area (Å²) in [5.74, 6) is 0. The normalized spacial score (nSPS) is 18.4. The van der Waals surface area contributed by atoms with Gasteiger partial charge in [-0.05, 0) is 64.3 Å². The molecule has 132 valence electrons. The van der Waals surface area contributed by atoms with Crippen LogP contribution < -0.4 is 10.2 Å². The summed E-state index contributed by atoms with van der Waals surface area (Å²) in [5.41, 5.74) is 1.86. The molecule has 2 aromatic rings. The van der Waals surface area contributed by atoms with Crippen molar-refractivity contribution < 1.29 is 9.31 Å². The van der Waals surface area contributed by atoms with Crippen LogP contribution in [0.2, 0.25) is 5.15 Å². The van der Waals surface area contributed by atoms with Crippen molar-refractivity contribution in [3.8, 4) is 0 Å². The van der Waals surface area contributed by atoms with Gasteiger partial charge in [-0.1, -0.05) is 29.8 Å². The quantitative estimate of drug-likeness (QED) is 0.485. The lowest BCUT2D eigenvalue weighted by molar-refractivity contribution is 0.00578. The van der Waals surface area contributed by atoms with Crippen LogP contribution in [0, 0.1) is 6.92 Å². The summed E-state index contributed by atoms with van der Waals surface area (Å²) in [5, 5.41) is 0.432. The maximum atomic E-state index is 6.32. The first-order valence-electron chi connectivity index (χ1n) is 8.20. The summed E-state index contributed by atoms with van der Waals surface area (Å²) in [6, 6.07) is 10.1. The Balaban J connectivity index is 1.86. The van der Waals surface area contributed by atoms with Crippen LogP contribution in [0.15, 0.2) is 41.4 Å². The molecule has 0 aliphatic carbocycles. The molecule has 0 unspecified atom stereocenters. The molecule has 4 nitrogen and oxygen atoms in total. The number of hydrogen-bond donors (Lipinski definition) is 1. The maximum Gasteiger partial charge on any atom is 0.496 e. The van der Waals surface area contributed by atoms with Crippen LogP contribution >= 0.6 is 23.5 Å². The lowest BCUT2D eigenvalue weighted by Crippen LogP contribution is -2.41. The third-order valence-corrected chi connectivity index (χ3v) is 5.95. The molecule has 1 aromatic heterocycles. The van der Waals surface area contributed by atoms with Gasteiger partial charge in [-0.15, -0.1) is 0 Å². The molecule has 0 amide bonds. The first-order chi connectivity index (χ1) is 11.7. The standard InChI is InChI=1S/C18H22BClN2O2S/c1-12-14(19-23-17(2,3)18(4,5)24-19)11-21-16(20)15(12)22-25-13-9-7-6-8-10-13/h6-11,22H,1-5H3. The minimum absolute atomic E-state index is 0.393. The van der Waals surface area contributed by atoms with E-state index in [1.54, 1.807) is 6.20 Å². The number of anilines is 1. The molecule has 3 rings (SSSR count). The third-order valence-electron chi connectivity index (χ3n) is 4.85. The molecule has 0 atom stereocenters. The van der Waals surface area contributed by atoms with Crippen molar-refractivity contribution >= 4 is 41.8 Å². The SMILES string of the molecule is Cc1c(B2OC(C)(C)C(C)(C)O2)cnc(Cl)c1NSc1ccccc1. The topological polar surface area (TPSA) is 43.4 Å². The molecule has 1 fully saturated rings. The molecule has 1 aromatic carbocycles. The molecular weight excluding hydrogens is 355 g/mol. The zero-order valence-corrected chi connectivity index (χ0v) is 16.7. The fraction of sp³-hybridized carbons (Fsp3) is 0.389. The van der Waals surface area contributed by atoms with Crippen LogP contribution in [0.1, 0.15) is 33.3 Å². The fourth-order valence-corrected chi connectivity index (χ4v) is 3.57. The lowest BCUT2D eigenvalue weighted by atomic mass is 9.77. The second-order valence-corrected chi connectivity index (χ2v) is 8.35. The maximum absolute atomic E-state index is 6.32. The summed E-state index contributed by atoms with van der Waals surface area (Å²) >= 11 is 7.81. The molecule has 2 heterocycles. The van der Waals surface area contributed by atoms with Crippen LogP contribution in [-0.2, 0) is 9.31 Å². The molecule has 0 spiro atoms. The van der Waals surface area contributed by atoms with Crippen molar-refractivity contribution in [1.29, 1.82) is 0 Å². The lowest BCUT2D eigenvalue weighted by Gasteiger charge is -2.32. The average molecular weight is 377 g/mol. The summed E-state index contributed by atoms with van der Waals surface area (Å²) < 4.78 is 15.6. The van der Waals surface area contributed by atoms with Crippen molar-refractivity contribution in [3.05, 3.63) is 47.2 Å². The van der Waals surface area contributed by atoms with E-state index >= 15 is 0 Å². The van der Waals surface area contributed by atoms with Gasteiger partial charge in [-0.25, -0.2) is 4.98 Å². The summed E-state index contributed by atoms with van der Waals surface area (Å²) in [7, 11) is -0.461. The highest BCUT2D eigenvalue weighted by Crippen LogP contribution is 2.37. The van der Waals surface area contributed by atoms with Gasteiger partial charge in [0.2, 0.25) is 0 Å². The molecule has 1 aliphatic heterocycles. The summed E-state index contributed by atoms with van der Waals surface area (Å²) in [6.45, 7) is 10.2. The van der Waals surface area contributed by atoms with Crippen molar-refractivity contribution in [2.24, 2.45) is 0 Å². The van der Waals surface area contributed by atoms with E-state index in [1.807, 2.05) is 65.0 Å². The van der Waals surface area contributed by atoms with Gasteiger partial charge in [0.1, 0.15) is 0 Å². The number of benzene rings is 1. The first kappa shape index (κ1) is 18.6. The Morgan fingerprint density at radius 1 is 1.08 bits per heavy atom. The zero-order chi connectivity index (χ0) is 18.2. The molecule has 0 bridgehead atoms. The predicted octanol–water partition coefficient (Wildman–Crippen LogP) is 4.46. The third kappa shape index (κ3) is 3.67. The minimum Gasteiger partial charge on any atom is -0.399 e. The fourth-order valence-electron chi connectivity index (χ4n) is 2.51. The van der Waals surface area contributed by atoms with E-state index in [4.69, 9.17) is 20.9 Å². The number of rotatable bonds is 4. The van der Waals surface area contributed by atoms with Gasteiger partial charge in [-0.2, -0.15) is 0 Å². The second kappa shape index (κ2) is 6.84. The van der Waals surface area contributed by atoms with Crippen LogP contribution in [0.5, 0.6) is 0 Å². The van der Waals surface area contributed by atoms with Gasteiger partial charge < -0.3 is 14.0 Å². The van der Waals surface area contributed by atoms with Gasteiger partial charge in [0, 0.05) is 16.6 Å². The predicted molar refractivity (Wildman–Crippen MR) is 106 cm³/mol. The van der Waals surface area contributed by atoms with Gasteiger partial charge in [-0.3, -0.25) is 0 Å². The minimum atomic E-state index is -0.461. The highest BCUT2D eigenvalue weighted by molar-refractivity contribution is 8.00. The smallest absolute Gasteiger partial charge is 0.399 e. The van der Waals surface area contributed by atoms with E-state index < -0.39 is 18.3 Å². The van der Waals surface area contributed by atoms with Crippen molar-refractivity contribution in [2.75, 3.05) is 4.72 Å². The van der Waals surface area contributed by atoms with E-state index in [0.717, 1.165) is 21.6 Å². The summed E-state index contributed by atoms with van der Waals surface area (Å²) in [4.78, 5) is 5.42. The van der Waals surface area contributed by atoms with Gasteiger partial charge >= 0.3 is 7.12 Å². The van der Waals surface area contributed by atoms with E-state index in [0.29, 0.717) is 5.15 Å². The molecule has 7 heteroatoms. The Morgan fingerprint density at radius 3 is 2.28 bits per heavy atom. The van der Waals surface area contributed by atoms with E-state index in [2.05, 4.69) is 9.71 Å². The van der Waals surface area contributed by atoms with Gasteiger partial charge in [0.15, 0.2) is 5.15 Å². The summed E-state index contributed by atoms with van der Waals surface area (Å²) in [6.07, 6.45) is 1.73. The van der Waals surface area contributed by atoms with Crippen LogP contribution in [0.4, 0.5) is 5.69 Å². The second-order valence-electron chi connectivity index (χ2n) is 7.11. The number of pyridine rings is 1. The molecule has 0 saturated carbocycles. The highest BCUT2D eigenvalue weighted by atomic mass is 35.5. The van der Waals surface area contributed by atoms with Crippen molar-refractivity contribution in [2.45, 2.75) is 50.7 Å². The molecule has 25 heavy (non-hydrogen) atoms. The Morgan fingerprint density at radius 2 is 1.68 bits per heavy atom. The van der Waals surface area contributed by atoms with Gasteiger partial charge in [0.05, 0.1) is 16.9 Å². The molecule has 1 saturated heterocycles. The molecule has 1 N–H and O–H groups in total. The number of nitrogens with one attached hydrogen (secondary N) is 1. The Hall–Kier alpha value is -1.21. The van der Waals surface area contributed by atoms with Crippen LogP contribution in [0.3, 0.4) is 0 Å². The van der Waals surface area contributed by atoms with Crippen LogP contribution in [-0.4, -0.2) is 23.3 Å². The molecule has 1 aliphatic rings. The zero-order valence-electron chi connectivity index (χ0n) is 15.1. The Bertz CT molecular complexity index is 755. The number of hydrogen-bond acceptors (Lipinski definition) is 5. The average Bonchev–Trinajstić information content (AvgIpc) is 2.76. The van der Waals surface area contributed by atoms with E-state index in [1.165, 1.54) is 11.9 Å². The van der Waals surface area contributed by atoms with Crippen molar-refractivity contribution in [3.63, 3.8) is 0 Å². The monoisotopic (exact) mass is 376 g/mol.